The first kappa shape index (κ1) is 22.1. The van der Waals surface area contributed by atoms with Crippen molar-refractivity contribution in [3.63, 3.8) is 0 Å². The minimum absolute atomic E-state index is 0. The third kappa shape index (κ3) is 7.54. The molecule has 2 aromatic carbocycles. The third-order valence-electron chi connectivity index (χ3n) is 3.82. The Labute approximate surface area is 168 Å². The van der Waals surface area contributed by atoms with Crippen LogP contribution in [0, 0.1) is 0 Å². The number of nitrogens with zero attached hydrogens (tertiary/aromatic N) is 1. The molecule has 0 aliphatic rings. The summed E-state index contributed by atoms with van der Waals surface area (Å²) in [5.41, 5.74) is 4.73. The quantitative estimate of drug-likeness (QED) is 0.595. The van der Waals surface area contributed by atoms with E-state index >= 15 is 0 Å². The zero-order valence-electron chi connectivity index (χ0n) is 14.6. The highest BCUT2D eigenvalue weighted by molar-refractivity contribution is 5.85. The van der Waals surface area contributed by atoms with E-state index in [0.29, 0.717) is 0 Å². The number of pyridine rings is 1. The van der Waals surface area contributed by atoms with Crippen molar-refractivity contribution in [1.82, 2.24) is 15.6 Å². The number of hydrogen-bond donors (Lipinski definition) is 2. The summed E-state index contributed by atoms with van der Waals surface area (Å²) >= 11 is 0. The molecule has 1 heterocycles. The van der Waals surface area contributed by atoms with Crippen molar-refractivity contribution < 1.29 is 0 Å². The molecule has 3 aromatic rings. The lowest BCUT2D eigenvalue weighted by atomic mass is 10.2. The van der Waals surface area contributed by atoms with Gasteiger partial charge in [0, 0.05) is 26.2 Å². The molecular formula is C21H25Cl2N3. The van der Waals surface area contributed by atoms with E-state index in [1.54, 1.807) is 0 Å². The topological polar surface area (TPSA) is 37.0 Å². The number of nitrogens with one attached hydrogen (secondary N) is 2. The van der Waals surface area contributed by atoms with Gasteiger partial charge in [-0.1, -0.05) is 66.7 Å². The predicted octanol–water partition coefficient (Wildman–Crippen LogP) is 4.50. The molecule has 0 aliphatic heterocycles. The second-order valence-electron chi connectivity index (χ2n) is 5.80. The van der Waals surface area contributed by atoms with Crippen molar-refractivity contribution in [3.8, 4) is 0 Å². The van der Waals surface area contributed by atoms with Crippen LogP contribution in [0.2, 0.25) is 0 Å². The average molecular weight is 390 g/mol. The summed E-state index contributed by atoms with van der Waals surface area (Å²) in [5, 5.41) is 6.89. The lowest BCUT2D eigenvalue weighted by Gasteiger charge is -2.08. The van der Waals surface area contributed by atoms with Gasteiger partial charge < -0.3 is 10.6 Å². The van der Waals surface area contributed by atoms with Crippen LogP contribution in [-0.4, -0.2) is 4.98 Å². The highest BCUT2D eigenvalue weighted by Gasteiger charge is 1.99. The van der Waals surface area contributed by atoms with Crippen LogP contribution >= 0.6 is 24.8 Å². The van der Waals surface area contributed by atoms with Crippen molar-refractivity contribution in [3.05, 3.63) is 101 Å². The van der Waals surface area contributed by atoms with Gasteiger partial charge in [0.2, 0.25) is 0 Å². The molecule has 5 heteroatoms. The fraction of sp³-hybridized carbons (Fsp3) is 0.190. The standard InChI is InChI=1S/C21H23N3.2ClH/c1-3-8-18(9-4-1)14-22-16-20-12-7-13-21(24-20)17-23-15-19-10-5-2-6-11-19;;/h1-13,22-23H,14-17H2;2*1H. The second kappa shape index (κ2) is 12.4. The van der Waals surface area contributed by atoms with E-state index in [1.165, 1.54) is 11.1 Å². The first-order valence-electron chi connectivity index (χ1n) is 8.34. The van der Waals surface area contributed by atoms with Gasteiger partial charge in [-0.2, -0.15) is 0 Å². The Bertz CT molecular complexity index is 676. The molecule has 0 fully saturated rings. The van der Waals surface area contributed by atoms with Gasteiger partial charge in [-0.05, 0) is 23.3 Å². The molecule has 3 rings (SSSR count). The molecule has 0 saturated carbocycles. The molecule has 0 saturated heterocycles. The number of benzene rings is 2. The molecule has 0 bridgehead atoms. The van der Waals surface area contributed by atoms with Crippen LogP contribution in [0.1, 0.15) is 22.5 Å². The summed E-state index contributed by atoms with van der Waals surface area (Å²) < 4.78 is 0. The minimum atomic E-state index is 0. The van der Waals surface area contributed by atoms with E-state index in [0.717, 1.165) is 37.6 Å². The molecule has 138 valence electrons. The van der Waals surface area contributed by atoms with Gasteiger partial charge in [0.25, 0.3) is 0 Å². The van der Waals surface area contributed by atoms with Crippen LogP contribution in [0.15, 0.2) is 78.9 Å². The van der Waals surface area contributed by atoms with E-state index < -0.39 is 0 Å². The largest absolute Gasteiger partial charge is 0.307 e. The van der Waals surface area contributed by atoms with Crippen LogP contribution in [0.5, 0.6) is 0 Å². The summed E-state index contributed by atoms with van der Waals surface area (Å²) in [4.78, 5) is 4.71. The van der Waals surface area contributed by atoms with Crippen molar-refractivity contribution in [2.75, 3.05) is 0 Å². The molecule has 0 amide bonds. The van der Waals surface area contributed by atoms with Crippen LogP contribution < -0.4 is 10.6 Å². The third-order valence-corrected chi connectivity index (χ3v) is 3.82. The lowest BCUT2D eigenvalue weighted by Crippen LogP contribution is -2.16. The van der Waals surface area contributed by atoms with Gasteiger partial charge in [0.05, 0.1) is 11.4 Å². The Kier molecular flexibility index (Phi) is 10.6. The average Bonchev–Trinajstić information content (AvgIpc) is 2.64. The SMILES string of the molecule is Cl.Cl.c1ccc(CNCc2cccc(CNCc3ccccc3)n2)cc1. The molecule has 3 nitrogen and oxygen atoms in total. The van der Waals surface area contributed by atoms with Gasteiger partial charge >= 0.3 is 0 Å². The molecule has 1 aromatic heterocycles. The molecule has 26 heavy (non-hydrogen) atoms. The number of aromatic nitrogens is 1. The highest BCUT2D eigenvalue weighted by atomic mass is 35.5. The van der Waals surface area contributed by atoms with E-state index in [9.17, 15) is 0 Å². The molecule has 0 aliphatic carbocycles. The summed E-state index contributed by atoms with van der Waals surface area (Å²) in [6, 6.07) is 27.1. The second-order valence-corrected chi connectivity index (χ2v) is 5.80. The van der Waals surface area contributed by atoms with E-state index in [2.05, 4.69) is 77.4 Å². The number of rotatable bonds is 8. The van der Waals surface area contributed by atoms with E-state index in [4.69, 9.17) is 4.98 Å². The molecule has 0 unspecified atom stereocenters. The Morgan fingerprint density at radius 2 is 0.923 bits per heavy atom. The zero-order chi connectivity index (χ0) is 16.5. The maximum atomic E-state index is 4.71. The zero-order valence-corrected chi connectivity index (χ0v) is 16.2. The van der Waals surface area contributed by atoms with Gasteiger partial charge in [-0.3, -0.25) is 4.98 Å². The smallest absolute Gasteiger partial charge is 0.0545 e. The van der Waals surface area contributed by atoms with Crippen LogP contribution in [0.25, 0.3) is 0 Å². The Balaban J connectivity index is 0.00000169. The fourth-order valence-electron chi connectivity index (χ4n) is 2.59. The molecule has 0 radical (unpaired) electrons. The molecular weight excluding hydrogens is 365 g/mol. The first-order chi connectivity index (χ1) is 11.9. The Morgan fingerprint density at radius 1 is 0.500 bits per heavy atom. The fourth-order valence-corrected chi connectivity index (χ4v) is 2.59. The van der Waals surface area contributed by atoms with Crippen molar-refractivity contribution in [1.29, 1.82) is 0 Å². The molecule has 0 atom stereocenters. The van der Waals surface area contributed by atoms with Crippen LogP contribution in [-0.2, 0) is 26.2 Å². The summed E-state index contributed by atoms with van der Waals surface area (Å²) in [6.45, 7) is 3.28. The number of halogens is 2. The van der Waals surface area contributed by atoms with Crippen LogP contribution in [0.3, 0.4) is 0 Å². The minimum Gasteiger partial charge on any atom is -0.307 e. The van der Waals surface area contributed by atoms with Crippen molar-refractivity contribution in [2.45, 2.75) is 26.2 Å². The maximum Gasteiger partial charge on any atom is 0.0545 e. The van der Waals surface area contributed by atoms with Crippen LogP contribution in [0.4, 0.5) is 0 Å². The van der Waals surface area contributed by atoms with Gasteiger partial charge in [0.15, 0.2) is 0 Å². The van der Waals surface area contributed by atoms with Gasteiger partial charge in [0.1, 0.15) is 0 Å². The van der Waals surface area contributed by atoms with Crippen molar-refractivity contribution in [2.24, 2.45) is 0 Å². The molecule has 0 spiro atoms. The normalized spacial score (nSPS) is 9.85. The maximum absolute atomic E-state index is 4.71. The first-order valence-corrected chi connectivity index (χ1v) is 8.34. The Morgan fingerprint density at radius 3 is 1.35 bits per heavy atom. The summed E-state index contributed by atoms with van der Waals surface area (Å²) in [5.74, 6) is 0. The summed E-state index contributed by atoms with van der Waals surface area (Å²) in [6.07, 6.45) is 0. The van der Waals surface area contributed by atoms with E-state index in [-0.39, 0.29) is 24.8 Å². The molecule has 2 N–H and O–H groups in total. The number of hydrogen-bond acceptors (Lipinski definition) is 3. The lowest BCUT2D eigenvalue weighted by molar-refractivity contribution is 0.655. The predicted molar refractivity (Wildman–Crippen MR) is 113 cm³/mol. The summed E-state index contributed by atoms with van der Waals surface area (Å²) in [7, 11) is 0. The highest BCUT2D eigenvalue weighted by Crippen LogP contribution is 2.03. The van der Waals surface area contributed by atoms with Crippen molar-refractivity contribution >= 4 is 24.8 Å². The Hall–Kier alpha value is -1.91. The van der Waals surface area contributed by atoms with Gasteiger partial charge in [-0.15, -0.1) is 24.8 Å². The van der Waals surface area contributed by atoms with E-state index in [1.807, 2.05) is 12.1 Å². The monoisotopic (exact) mass is 389 g/mol. The van der Waals surface area contributed by atoms with Gasteiger partial charge in [-0.25, -0.2) is 0 Å².